The number of hydrogen-bond acceptors (Lipinski definition) is 3. The summed E-state index contributed by atoms with van der Waals surface area (Å²) in [7, 11) is 0. The Morgan fingerprint density at radius 3 is 2.80 bits per heavy atom. The van der Waals surface area contributed by atoms with Gasteiger partial charge < -0.3 is 10.1 Å². The molecule has 110 valence electrons. The van der Waals surface area contributed by atoms with Gasteiger partial charge in [-0.25, -0.2) is 4.39 Å². The van der Waals surface area contributed by atoms with Crippen molar-refractivity contribution in [2.75, 3.05) is 13.2 Å². The van der Waals surface area contributed by atoms with Crippen LogP contribution >= 0.6 is 0 Å². The van der Waals surface area contributed by atoms with Crippen LogP contribution in [0.2, 0.25) is 0 Å². The molecule has 0 aliphatic carbocycles. The molecule has 0 atom stereocenters. The van der Waals surface area contributed by atoms with Gasteiger partial charge in [0.1, 0.15) is 11.6 Å². The van der Waals surface area contributed by atoms with Gasteiger partial charge >= 0.3 is 0 Å². The van der Waals surface area contributed by atoms with E-state index in [9.17, 15) is 4.39 Å². The minimum absolute atomic E-state index is 0.261. The van der Waals surface area contributed by atoms with E-state index in [0.29, 0.717) is 25.3 Å². The third-order valence-electron chi connectivity index (χ3n) is 3.05. The summed E-state index contributed by atoms with van der Waals surface area (Å²) in [4.78, 5) is 0. The highest BCUT2D eigenvalue weighted by molar-refractivity contribution is 5.34. The lowest BCUT2D eigenvalue weighted by atomic mass is 9.92. The third-order valence-corrected chi connectivity index (χ3v) is 3.05. The number of hydrogen-bond donors (Lipinski definition) is 1. The van der Waals surface area contributed by atoms with Gasteiger partial charge in [0.2, 0.25) is 0 Å². The zero-order chi connectivity index (χ0) is 15.0. The number of benzene rings is 1. The zero-order valence-electron chi connectivity index (χ0n) is 12.5. The Kier molecular flexibility index (Phi) is 6.47. The van der Waals surface area contributed by atoms with Gasteiger partial charge in [-0.05, 0) is 51.4 Å². The second-order valence-electron chi connectivity index (χ2n) is 5.52. The average Bonchev–Trinajstić information content (AvgIpc) is 2.41. The third kappa shape index (κ3) is 5.58. The summed E-state index contributed by atoms with van der Waals surface area (Å²) in [5.74, 6) is 0.423. The van der Waals surface area contributed by atoms with Crippen molar-refractivity contribution in [3.05, 3.63) is 29.6 Å². The molecule has 1 N–H and O–H groups in total. The number of halogens is 1. The average molecular weight is 278 g/mol. The smallest absolute Gasteiger partial charge is 0.123 e. The van der Waals surface area contributed by atoms with E-state index in [1.807, 2.05) is 13.8 Å². The Morgan fingerprint density at radius 2 is 2.15 bits per heavy atom. The van der Waals surface area contributed by atoms with Crippen LogP contribution in [-0.4, -0.2) is 13.2 Å². The van der Waals surface area contributed by atoms with Crippen LogP contribution in [0.15, 0.2) is 18.2 Å². The SMILES string of the molecule is CCCNCc1cc(F)ccc1OCCC(C)(C)C#N. The van der Waals surface area contributed by atoms with Crippen LogP contribution in [0.3, 0.4) is 0 Å². The summed E-state index contributed by atoms with van der Waals surface area (Å²) in [6.45, 7) is 7.77. The quantitative estimate of drug-likeness (QED) is 0.738. The summed E-state index contributed by atoms with van der Waals surface area (Å²) in [6.07, 6.45) is 1.67. The van der Waals surface area contributed by atoms with E-state index in [2.05, 4.69) is 18.3 Å². The number of nitrogens with one attached hydrogen (secondary N) is 1. The van der Waals surface area contributed by atoms with E-state index in [-0.39, 0.29) is 5.82 Å². The van der Waals surface area contributed by atoms with Crippen LogP contribution in [0, 0.1) is 22.6 Å². The normalized spacial score (nSPS) is 11.2. The Labute approximate surface area is 120 Å². The zero-order valence-corrected chi connectivity index (χ0v) is 12.5. The minimum Gasteiger partial charge on any atom is -0.493 e. The molecule has 0 saturated carbocycles. The second-order valence-corrected chi connectivity index (χ2v) is 5.52. The molecule has 0 heterocycles. The molecule has 0 radical (unpaired) electrons. The standard InChI is InChI=1S/C16H23FN2O/c1-4-8-19-11-13-10-14(17)5-6-15(13)20-9-7-16(2,3)12-18/h5-6,10,19H,4,7-9,11H2,1-3H3. The molecule has 0 amide bonds. The molecule has 1 aromatic rings. The summed E-state index contributed by atoms with van der Waals surface area (Å²) in [5.41, 5.74) is 0.411. The van der Waals surface area contributed by atoms with E-state index in [0.717, 1.165) is 18.5 Å². The molecule has 4 heteroatoms. The lowest BCUT2D eigenvalue weighted by Crippen LogP contribution is -2.16. The number of rotatable bonds is 8. The number of nitrogens with zero attached hydrogens (tertiary/aromatic N) is 1. The second kappa shape index (κ2) is 7.86. The first kappa shape index (κ1) is 16.5. The fraction of sp³-hybridized carbons (Fsp3) is 0.562. The van der Waals surface area contributed by atoms with Crippen molar-refractivity contribution in [2.24, 2.45) is 5.41 Å². The summed E-state index contributed by atoms with van der Waals surface area (Å²) >= 11 is 0. The molecule has 0 aliphatic heterocycles. The van der Waals surface area contributed by atoms with Gasteiger partial charge in [-0.2, -0.15) is 5.26 Å². The van der Waals surface area contributed by atoms with E-state index in [1.165, 1.54) is 12.1 Å². The van der Waals surface area contributed by atoms with Crippen LogP contribution in [0.1, 0.15) is 39.2 Å². The van der Waals surface area contributed by atoms with Crippen LogP contribution in [0.5, 0.6) is 5.75 Å². The molecule has 0 bridgehead atoms. The van der Waals surface area contributed by atoms with Crippen molar-refractivity contribution >= 4 is 0 Å². The molecule has 3 nitrogen and oxygen atoms in total. The maximum Gasteiger partial charge on any atom is 0.123 e. The largest absolute Gasteiger partial charge is 0.493 e. The molecule has 0 aromatic heterocycles. The molecule has 0 saturated heterocycles. The first-order valence-corrected chi connectivity index (χ1v) is 7.01. The van der Waals surface area contributed by atoms with Crippen LogP contribution in [0.25, 0.3) is 0 Å². The Bertz CT molecular complexity index is 466. The fourth-order valence-electron chi connectivity index (χ4n) is 1.70. The van der Waals surface area contributed by atoms with Crippen molar-refractivity contribution in [1.29, 1.82) is 5.26 Å². The van der Waals surface area contributed by atoms with Gasteiger partial charge in [0.05, 0.1) is 18.1 Å². The van der Waals surface area contributed by atoms with E-state index in [4.69, 9.17) is 10.00 Å². The van der Waals surface area contributed by atoms with Gasteiger partial charge in [-0.3, -0.25) is 0 Å². The lowest BCUT2D eigenvalue weighted by Gasteiger charge is -2.17. The van der Waals surface area contributed by atoms with Crippen molar-refractivity contribution in [3.8, 4) is 11.8 Å². The molecule has 1 aromatic carbocycles. The molecule has 0 unspecified atom stereocenters. The summed E-state index contributed by atoms with van der Waals surface area (Å²) < 4.78 is 19.0. The van der Waals surface area contributed by atoms with Crippen molar-refractivity contribution < 1.29 is 9.13 Å². The van der Waals surface area contributed by atoms with Crippen molar-refractivity contribution in [2.45, 2.75) is 40.2 Å². The molecular formula is C16H23FN2O. The van der Waals surface area contributed by atoms with E-state index in [1.54, 1.807) is 6.07 Å². The van der Waals surface area contributed by atoms with Gasteiger partial charge in [-0.15, -0.1) is 0 Å². The van der Waals surface area contributed by atoms with Crippen molar-refractivity contribution in [1.82, 2.24) is 5.32 Å². The highest BCUT2D eigenvalue weighted by Gasteiger charge is 2.16. The van der Waals surface area contributed by atoms with E-state index >= 15 is 0 Å². The molecule has 20 heavy (non-hydrogen) atoms. The van der Waals surface area contributed by atoms with Gasteiger partial charge in [0.25, 0.3) is 0 Å². The lowest BCUT2D eigenvalue weighted by molar-refractivity contribution is 0.261. The van der Waals surface area contributed by atoms with Gasteiger partial charge in [0, 0.05) is 12.1 Å². The van der Waals surface area contributed by atoms with Gasteiger partial charge in [-0.1, -0.05) is 6.92 Å². The maximum absolute atomic E-state index is 13.3. The molecule has 0 spiro atoms. The predicted octanol–water partition coefficient (Wildman–Crippen LogP) is 3.64. The Hall–Kier alpha value is -1.60. The summed E-state index contributed by atoms with van der Waals surface area (Å²) in [5, 5.41) is 12.2. The van der Waals surface area contributed by atoms with Crippen LogP contribution in [-0.2, 0) is 6.54 Å². The summed E-state index contributed by atoms with van der Waals surface area (Å²) in [6, 6.07) is 6.78. The van der Waals surface area contributed by atoms with Crippen LogP contribution < -0.4 is 10.1 Å². The highest BCUT2D eigenvalue weighted by Crippen LogP contribution is 2.23. The maximum atomic E-state index is 13.3. The Morgan fingerprint density at radius 1 is 1.40 bits per heavy atom. The first-order chi connectivity index (χ1) is 9.48. The van der Waals surface area contributed by atoms with Crippen LogP contribution in [0.4, 0.5) is 4.39 Å². The van der Waals surface area contributed by atoms with E-state index < -0.39 is 5.41 Å². The van der Waals surface area contributed by atoms with Crippen molar-refractivity contribution in [3.63, 3.8) is 0 Å². The molecular weight excluding hydrogens is 255 g/mol. The highest BCUT2D eigenvalue weighted by atomic mass is 19.1. The minimum atomic E-state index is -0.402. The fourth-order valence-corrected chi connectivity index (χ4v) is 1.70. The molecule has 0 aliphatic rings. The van der Waals surface area contributed by atoms with Gasteiger partial charge in [0.15, 0.2) is 0 Å². The predicted molar refractivity (Wildman–Crippen MR) is 77.9 cm³/mol. The monoisotopic (exact) mass is 278 g/mol. The topological polar surface area (TPSA) is 45.0 Å². The molecule has 0 fully saturated rings. The first-order valence-electron chi connectivity index (χ1n) is 7.01. The Balaban J connectivity index is 2.62. The molecule has 1 rings (SSSR count). The number of ether oxygens (including phenoxy) is 1. The number of nitriles is 1.